The lowest BCUT2D eigenvalue weighted by Gasteiger charge is -2.18. The molecule has 0 aromatic heterocycles. The Bertz CT molecular complexity index is 295. The normalized spacial score (nSPS) is 11.4. The third-order valence-corrected chi connectivity index (χ3v) is 3.68. The van der Waals surface area contributed by atoms with Crippen LogP contribution in [0.25, 0.3) is 6.08 Å². The number of rotatable bonds is 3. The smallest absolute Gasteiger partial charge is 0.00959 e. The molecule has 0 saturated heterocycles. The fourth-order valence-electron chi connectivity index (χ4n) is 1.14. The van der Waals surface area contributed by atoms with E-state index >= 15 is 0 Å². The first kappa shape index (κ1) is 14.7. The van der Waals surface area contributed by atoms with Crippen molar-refractivity contribution in [3.8, 4) is 0 Å². The first-order chi connectivity index (χ1) is 6.51. The van der Waals surface area contributed by atoms with Crippen LogP contribution >= 0.6 is 21.0 Å². The highest BCUT2D eigenvalue weighted by Crippen LogP contribution is 2.33. The minimum absolute atomic E-state index is 0. The molecule has 1 rings (SSSR count). The van der Waals surface area contributed by atoms with Gasteiger partial charge < -0.3 is 0 Å². The summed E-state index contributed by atoms with van der Waals surface area (Å²) in [6.45, 7) is 10.6. The van der Waals surface area contributed by atoms with E-state index in [9.17, 15) is 0 Å². The Morgan fingerprint density at radius 3 is 2.13 bits per heavy atom. The van der Waals surface area contributed by atoms with Crippen LogP contribution < -0.4 is 0 Å². The highest BCUT2D eigenvalue weighted by atomic mass is 35.5. The maximum atomic E-state index is 3.75. The zero-order valence-electron chi connectivity index (χ0n) is 9.71. The Morgan fingerprint density at radius 2 is 1.73 bits per heavy atom. The molecule has 0 aliphatic heterocycles. The highest BCUT2D eigenvalue weighted by molar-refractivity contribution is 7.39. The quantitative estimate of drug-likeness (QED) is 0.673. The standard InChI is InChI=1S/C13H19P.ClH/c1-5-11-6-8-12(9-7-11)10-14-13(2,3)4;/h5-9,14H,1,10H2,2-4H3;1H. The van der Waals surface area contributed by atoms with Gasteiger partial charge in [-0.3, -0.25) is 0 Å². The van der Waals surface area contributed by atoms with Crippen molar-refractivity contribution < 1.29 is 0 Å². The van der Waals surface area contributed by atoms with Gasteiger partial charge in [0.2, 0.25) is 0 Å². The zero-order valence-corrected chi connectivity index (χ0v) is 11.5. The van der Waals surface area contributed by atoms with Gasteiger partial charge in [-0.25, -0.2) is 0 Å². The maximum absolute atomic E-state index is 3.75. The molecule has 0 bridgehead atoms. The summed E-state index contributed by atoms with van der Waals surface area (Å²) in [6.07, 6.45) is 3.08. The summed E-state index contributed by atoms with van der Waals surface area (Å²) in [4.78, 5) is 0. The van der Waals surface area contributed by atoms with Gasteiger partial charge in [0.1, 0.15) is 0 Å². The summed E-state index contributed by atoms with van der Waals surface area (Å²) >= 11 is 0. The molecule has 0 aliphatic carbocycles. The molecule has 0 nitrogen and oxygen atoms in total. The van der Waals surface area contributed by atoms with E-state index in [0.717, 1.165) is 8.58 Å². The molecule has 0 heterocycles. The van der Waals surface area contributed by atoms with Gasteiger partial charge in [-0.05, 0) is 22.4 Å². The van der Waals surface area contributed by atoms with Crippen molar-refractivity contribution in [3.63, 3.8) is 0 Å². The molecule has 15 heavy (non-hydrogen) atoms. The predicted molar refractivity (Wildman–Crippen MR) is 75.6 cm³/mol. The summed E-state index contributed by atoms with van der Waals surface area (Å²) < 4.78 is 0. The Labute approximate surface area is 101 Å². The van der Waals surface area contributed by atoms with E-state index in [1.807, 2.05) is 6.08 Å². The molecule has 1 aromatic carbocycles. The largest absolute Gasteiger partial charge is 0.147 e. The minimum atomic E-state index is 0. The van der Waals surface area contributed by atoms with Crippen molar-refractivity contribution >= 4 is 27.1 Å². The monoisotopic (exact) mass is 242 g/mol. The second kappa shape index (κ2) is 6.30. The summed E-state index contributed by atoms with van der Waals surface area (Å²) in [7, 11) is 0.991. The van der Waals surface area contributed by atoms with Crippen LogP contribution in [-0.2, 0) is 6.16 Å². The zero-order chi connectivity index (χ0) is 10.6. The lowest BCUT2D eigenvalue weighted by atomic mass is 10.1. The number of benzene rings is 1. The van der Waals surface area contributed by atoms with Crippen molar-refractivity contribution in [3.05, 3.63) is 42.0 Å². The van der Waals surface area contributed by atoms with Gasteiger partial charge in [-0.1, -0.05) is 57.7 Å². The molecule has 1 aromatic rings. The second-order valence-corrected chi connectivity index (χ2v) is 6.76. The summed E-state index contributed by atoms with van der Waals surface area (Å²) in [5, 5.41) is 0.455. The SMILES string of the molecule is C=Cc1ccc(CPC(C)(C)C)cc1.Cl. The van der Waals surface area contributed by atoms with Crippen LogP contribution in [-0.4, -0.2) is 5.16 Å². The van der Waals surface area contributed by atoms with Gasteiger partial charge >= 0.3 is 0 Å². The molecule has 0 spiro atoms. The Hall–Kier alpha value is -0.320. The third-order valence-electron chi connectivity index (χ3n) is 2.04. The van der Waals surface area contributed by atoms with Crippen molar-refractivity contribution in [2.75, 3.05) is 0 Å². The first-order valence-electron chi connectivity index (χ1n) is 4.98. The lowest BCUT2D eigenvalue weighted by molar-refractivity contribution is 0.792. The van der Waals surface area contributed by atoms with Gasteiger partial charge in [0.15, 0.2) is 0 Å². The number of halogens is 1. The Balaban J connectivity index is 0.00000196. The second-order valence-electron chi connectivity index (χ2n) is 4.55. The van der Waals surface area contributed by atoms with Crippen molar-refractivity contribution in [2.24, 2.45) is 0 Å². The van der Waals surface area contributed by atoms with Crippen LogP contribution in [0.1, 0.15) is 31.9 Å². The van der Waals surface area contributed by atoms with Gasteiger partial charge in [-0.15, -0.1) is 21.0 Å². The average molecular weight is 243 g/mol. The fourth-order valence-corrected chi connectivity index (χ4v) is 2.11. The molecule has 0 N–H and O–H groups in total. The van der Waals surface area contributed by atoms with Crippen LogP contribution in [0.15, 0.2) is 30.8 Å². The van der Waals surface area contributed by atoms with Gasteiger partial charge in [-0.2, -0.15) is 0 Å². The molecule has 0 aliphatic rings. The maximum Gasteiger partial charge on any atom is -0.00959 e. The van der Waals surface area contributed by atoms with Gasteiger partial charge in [0.05, 0.1) is 0 Å². The van der Waals surface area contributed by atoms with Crippen molar-refractivity contribution in [1.82, 2.24) is 0 Å². The predicted octanol–water partition coefficient (Wildman–Crippen LogP) is 4.73. The van der Waals surface area contributed by atoms with Crippen LogP contribution in [0, 0.1) is 0 Å². The van der Waals surface area contributed by atoms with Crippen LogP contribution in [0.4, 0.5) is 0 Å². The molecule has 0 fully saturated rings. The van der Waals surface area contributed by atoms with Crippen LogP contribution in [0.2, 0.25) is 0 Å². The van der Waals surface area contributed by atoms with Crippen LogP contribution in [0.3, 0.4) is 0 Å². The summed E-state index contributed by atoms with van der Waals surface area (Å²) in [6, 6.07) is 8.68. The average Bonchev–Trinajstić information content (AvgIpc) is 2.14. The summed E-state index contributed by atoms with van der Waals surface area (Å²) in [5.74, 6) is 0. The third kappa shape index (κ3) is 5.97. The molecule has 1 unspecified atom stereocenters. The van der Waals surface area contributed by atoms with E-state index in [2.05, 4.69) is 51.6 Å². The number of hydrogen-bond donors (Lipinski definition) is 0. The van der Waals surface area contributed by atoms with E-state index in [4.69, 9.17) is 0 Å². The van der Waals surface area contributed by atoms with E-state index in [1.54, 1.807) is 0 Å². The van der Waals surface area contributed by atoms with E-state index < -0.39 is 0 Å². The molecule has 1 atom stereocenters. The summed E-state index contributed by atoms with van der Waals surface area (Å²) in [5.41, 5.74) is 2.64. The molecular formula is C13H20ClP. The van der Waals surface area contributed by atoms with Crippen molar-refractivity contribution in [1.29, 1.82) is 0 Å². The number of hydrogen-bond acceptors (Lipinski definition) is 0. The molecule has 0 saturated carbocycles. The van der Waals surface area contributed by atoms with E-state index in [0.29, 0.717) is 5.16 Å². The van der Waals surface area contributed by atoms with Crippen LogP contribution in [0.5, 0.6) is 0 Å². The molecule has 2 heteroatoms. The van der Waals surface area contributed by atoms with Gasteiger partial charge in [0.25, 0.3) is 0 Å². The van der Waals surface area contributed by atoms with E-state index in [1.165, 1.54) is 17.3 Å². The van der Waals surface area contributed by atoms with E-state index in [-0.39, 0.29) is 12.4 Å². The highest BCUT2D eigenvalue weighted by Gasteiger charge is 2.09. The molecular weight excluding hydrogens is 223 g/mol. The Kier molecular flexibility index (Phi) is 6.17. The topological polar surface area (TPSA) is 0 Å². The molecule has 84 valence electrons. The molecule has 0 amide bonds. The first-order valence-corrected chi connectivity index (χ1v) is 6.18. The Morgan fingerprint density at radius 1 is 1.20 bits per heavy atom. The molecule has 0 radical (unpaired) electrons. The lowest BCUT2D eigenvalue weighted by Crippen LogP contribution is -2.04. The van der Waals surface area contributed by atoms with Gasteiger partial charge in [0, 0.05) is 0 Å². The minimum Gasteiger partial charge on any atom is -0.147 e. The van der Waals surface area contributed by atoms with Crippen molar-refractivity contribution in [2.45, 2.75) is 32.1 Å². The fraction of sp³-hybridized carbons (Fsp3) is 0.385.